The summed E-state index contributed by atoms with van der Waals surface area (Å²) in [5.74, 6) is -2.40. The summed E-state index contributed by atoms with van der Waals surface area (Å²) >= 11 is 0. The molecule has 0 spiro atoms. The number of aliphatic hydroxyl groups excluding tert-OH is 1. The topological polar surface area (TPSA) is 92.7 Å². The molecule has 0 aromatic heterocycles. The molecule has 6 nitrogen and oxygen atoms in total. The van der Waals surface area contributed by atoms with Gasteiger partial charge in [0, 0.05) is 17.0 Å². The number of alkyl halides is 3. The van der Waals surface area contributed by atoms with Crippen molar-refractivity contribution in [3.05, 3.63) is 114 Å². The van der Waals surface area contributed by atoms with Gasteiger partial charge in [-0.2, -0.15) is 21.6 Å². The number of nitrogens with one attached hydrogen (secondary N) is 1. The molecule has 0 saturated carbocycles. The van der Waals surface area contributed by atoms with Gasteiger partial charge in [0.2, 0.25) is 0 Å². The summed E-state index contributed by atoms with van der Waals surface area (Å²) in [5, 5.41) is 11.1. The van der Waals surface area contributed by atoms with E-state index in [9.17, 15) is 35.9 Å². The average Bonchev–Trinajstić information content (AvgIpc) is 2.94. The third-order valence-corrected chi connectivity index (χ3v) is 7.92. The number of amides is 1. The third-order valence-electron chi connectivity index (χ3n) is 6.86. The summed E-state index contributed by atoms with van der Waals surface area (Å²) < 4.78 is 82.2. The highest BCUT2D eigenvalue weighted by Gasteiger charge is 2.47. The minimum atomic E-state index is -5.98. The van der Waals surface area contributed by atoms with E-state index in [0.29, 0.717) is 12.0 Å². The van der Waals surface area contributed by atoms with Crippen molar-refractivity contribution >= 4 is 15.9 Å². The molecule has 0 unspecified atom stereocenters. The lowest BCUT2D eigenvalue weighted by Gasteiger charge is -2.31. The van der Waals surface area contributed by atoms with Crippen LogP contribution in [0.5, 0.6) is 5.75 Å². The average molecular weight is 586 g/mol. The normalized spacial score (nSPS) is 16.9. The first-order chi connectivity index (χ1) is 19.4. The van der Waals surface area contributed by atoms with Gasteiger partial charge in [-0.05, 0) is 58.5 Å². The molecule has 1 amide bonds. The van der Waals surface area contributed by atoms with Crippen LogP contribution in [-0.2, 0) is 16.4 Å². The molecule has 41 heavy (non-hydrogen) atoms. The van der Waals surface area contributed by atoms with Crippen LogP contribution in [0.3, 0.4) is 0 Å². The van der Waals surface area contributed by atoms with E-state index in [0.717, 1.165) is 39.6 Å². The van der Waals surface area contributed by atoms with Crippen LogP contribution in [0.2, 0.25) is 0 Å². The number of hydrogen-bond donors (Lipinski definition) is 2. The van der Waals surface area contributed by atoms with E-state index >= 15 is 0 Å². The van der Waals surface area contributed by atoms with Crippen LogP contribution in [0.25, 0.3) is 22.3 Å². The lowest BCUT2D eigenvalue weighted by atomic mass is 9.86. The number of fused-ring (bicyclic) bond motifs is 1. The van der Waals surface area contributed by atoms with Crippen LogP contribution >= 0.6 is 0 Å². The van der Waals surface area contributed by atoms with Crippen LogP contribution in [-0.4, -0.2) is 31.5 Å². The zero-order valence-corrected chi connectivity index (χ0v) is 22.0. The van der Waals surface area contributed by atoms with Crippen molar-refractivity contribution in [2.24, 2.45) is 5.92 Å². The maximum absolute atomic E-state index is 14.1. The largest absolute Gasteiger partial charge is 0.516 e. The minimum Gasteiger partial charge on any atom is -0.493 e. The zero-order valence-electron chi connectivity index (χ0n) is 21.2. The fourth-order valence-corrected chi connectivity index (χ4v) is 5.21. The highest BCUT2D eigenvalue weighted by Crippen LogP contribution is 2.40. The fourth-order valence-electron chi connectivity index (χ4n) is 4.74. The zero-order chi connectivity index (χ0) is 29.4. The quantitative estimate of drug-likeness (QED) is 0.270. The number of benzene rings is 4. The Labute approximate surface area is 233 Å². The van der Waals surface area contributed by atoms with E-state index in [1.165, 1.54) is 18.2 Å². The predicted octanol–water partition coefficient (Wildman–Crippen LogP) is 6.02. The molecule has 1 aliphatic heterocycles. The molecule has 4 aromatic rings. The summed E-state index contributed by atoms with van der Waals surface area (Å²) in [5.41, 5.74) is -2.57. The number of halogens is 4. The third kappa shape index (κ3) is 5.96. The summed E-state index contributed by atoms with van der Waals surface area (Å²) in [6, 6.07) is 24.9. The van der Waals surface area contributed by atoms with E-state index in [2.05, 4.69) is 0 Å². The monoisotopic (exact) mass is 585 g/mol. The van der Waals surface area contributed by atoms with Crippen molar-refractivity contribution in [3.8, 4) is 28.0 Å². The minimum absolute atomic E-state index is 0.151. The van der Waals surface area contributed by atoms with Crippen LogP contribution in [0.4, 0.5) is 17.6 Å². The van der Waals surface area contributed by atoms with Gasteiger partial charge >= 0.3 is 15.5 Å². The van der Waals surface area contributed by atoms with Crippen molar-refractivity contribution in [2.45, 2.75) is 18.0 Å². The molecule has 11 heteroatoms. The first-order valence-corrected chi connectivity index (χ1v) is 13.9. The lowest BCUT2D eigenvalue weighted by molar-refractivity contribution is -0.0446. The number of aliphatic hydroxyl groups is 1. The Kier molecular flexibility index (Phi) is 7.58. The van der Waals surface area contributed by atoms with Gasteiger partial charge in [-0.25, -0.2) is 9.11 Å². The molecule has 212 valence electrons. The molecule has 5 rings (SSSR count). The summed E-state index contributed by atoms with van der Waals surface area (Å²) in [6.07, 6.45) is -0.381. The molecule has 0 aliphatic carbocycles. The van der Waals surface area contributed by atoms with E-state index in [-0.39, 0.29) is 29.4 Å². The lowest BCUT2D eigenvalue weighted by Crippen LogP contribution is -2.40. The molecule has 0 bridgehead atoms. The highest BCUT2D eigenvalue weighted by molar-refractivity contribution is 7.90. The Balaban J connectivity index is 1.36. The first-order valence-electron chi connectivity index (χ1n) is 12.5. The molecular weight excluding hydrogens is 562 g/mol. The number of carbonyl (C=O) groups excluding carboxylic acids is 1. The van der Waals surface area contributed by atoms with Crippen LogP contribution in [0.1, 0.15) is 27.6 Å². The maximum atomic E-state index is 14.1. The second kappa shape index (κ2) is 11.0. The number of rotatable bonds is 6. The molecule has 1 heterocycles. The Bertz CT molecular complexity index is 1690. The van der Waals surface area contributed by atoms with Gasteiger partial charge in [-0.15, -0.1) is 0 Å². The van der Waals surface area contributed by atoms with E-state index in [1.54, 1.807) is 0 Å². The van der Waals surface area contributed by atoms with Gasteiger partial charge in [0.05, 0.1) is 12.7 Å². The molecule has 0 fully saturated rings. The first kappa shape index (κ1) is 28.3. The fraction of sp³-hybridized carbons (Fsp3) is 0.167. The molecule has 4 aromatic carbocycles. The van der Waals surface area contributed by atoms with Crippen molar-refractivity contribution in [2.75, 3.05) is 6.61 Å². The van der Waals surface area contributed by atoms with Gasteiger partial charge < -0.3 is 9.84 Å². The Morgan fingerprint density at radius 1 is 0.902 bits per heavy atom. The second-order valence-corrected chi connectivity index (χ2v) is 11.3. The smallest absolute Gasteiger partial charge is 0.493 e. The van der Waals surface area contributed by atoms with Crippen molar-refractivity contribution in [1.29, 1.82) is 0 Å². The number of ether oxygens (including phenoxy) is 1. The number of carbonyl (C=O) groups is 1. The van der Waals surface area contributed by atoms with Crippen molar-refractivity contribution in [3.63, 3.8) is 0 Å². The van der Waals surface area contributed by atoms with Gasteiger partial charge in [0.25, 0.3) is 5.91 Å². The summed E-state index contributed by atoms with van der Waals surface area (Å²) in [4.78, 5) is 12.5. The summed E-state index contributed by atoms with van der Waals surface area (Å²) in [6.45, 7) is 0.151. The Morgan fingerprint density at radius 2 is 1.56 bits per heavy atom. The van der Waals surface area contributed by atoms with E-state index in [4.69, 9.17) is 4.74 Å². The van der Waals surface area contributed by atoms with Crippen LogP contribution in [0.15, 0.2) is 91.0 Å². The van der Waals surface area contributed by atoms with E-state index < -0.39 is 38.9 Å². The van der Waals surface area contributed by atoms with Gasteiger partial charge in [0.1, 0.15) is 11.6 Å². The van der Waals surface area contributed by atoms with Crippen LogP contribution < -0.4 is 9.46 Å². The maximum Gasteiger partial charge on any atom is 0.516 e. The second-order valence-electron chi connectivity index (χ2n) is 9.61. The number of hydrogen-bond acceptors (Lipinski definition) is 5. The molecule has 0 saturated heterocycles. The standard InChI is InChI=1S/C30H23F4NO5S/c31-23-11-13-24(29(37)35-41(38,39)30(32,33)34)26(16-23)21-10-12-25-27(15-21)40-17-22(28(25)36)14-18-6-8-20(9-7-18)19-4-2-1-3-5-19/h1-13,15-16,22,28,36H,14,17H2,(H,35,37)/t22-,28-/m1/s1. The van der Waals surface area contributed by atoms with Crippen molar-refractivity contribution in [1.82, 2.24) is 4.72 Å². The Hall–Kier alpha value is -4.22. The van der Waals surface area contributed by atoms with Crippen LogP contribution in [0, 0.1) is 11.7 Å². The number of sulfonamides is 1. The van der Waals surface area contributed by atoms with E-state index in [1.807, 2.05) is 54.6 Å². The molecule has 1 aliphatic rings. The molecular formula is C30H23F4NO5S. The van der Waals surface area contributed by atoms with Gasteiger partial charge in [0.15, 0.2) is 0 Å². The highest BCUT2D eigenvalue weighted by atomic mass is 32.2. The molecule has 2 N–H and O–H groups in total. The predicted molar refractivity (Wildman–Crippen MR) is 144 cm³/mol. The van der Waals surface area contributed by atoms with Gasteiger partial charge in [-0.3, -0.25) is 4.79 Å². The molecule has 0 radical (unpaired) electrons. The van der Waals surface area contributed by atoms with Gasteiger partial charge in [-0.1, -0.05) is 66.7 Å². The summed E-state index contributed by atoms with van der Waals surface area (Å²) in [7, 11) is -5.98. The molecule has 2 atom stereocenters. The Morgan fingerprint density at radius 3 is 2.24 bits per heavy atom. The van der Waals surface area contributed by atoms with Crippen molar-refractivity contribution < 1.29 is 40.6 Å². The SMILES string of the molecule is O=C(NS(=O)(=O)C(F)(F)F)c1ccc(F)cc1-c1ccc2c(c1)OC[C@@H](Cc1ccc(-c3ccccc3)cc1)[C@H]2O.